The summed E-state index contributed by atoms with van der Waals surface area (Å²) in [5.74, 6) is 0. The predicted molar refractivity (Wildman–Crippen MR) is 156 cm³/mol. The number of urea groups is 1. The number of hydrogen-bond donors (Lipinski definition) is 2. The third-order valence-electron chi connectivity index (χ3n) is 7.75. The number of para-hydroxylation sites is 1. The quantitative estimate of drug-likeness (QED) is 0.440. The van der Waals surface area contributed by atoms with Crippen molar-refractivity contribution in [1.82, 2.24) is 24.9 Å². The molecule has 0 bridgehead atoms. The highest BCUT2D eigenvalue weighted by Gasteiger charge is 2.29. The Kier molecular flexibility index (Phi) is 8.75. The molecule has 0 saturated carbocycles. The molecule has 39 heavy (non-hydrogen) atoms. The molecule has 5 rings (SSSR count). The smallest absolute Gasteiger partial charge is 0.317 e. The molecule has 1 saturated heterocycles. The van der Waals surface area contributed by atoms with E-state index in [9.17, 15) is 9.90 Å². The summed E-state index contributed by atoms with van der Waals surface area (Å²) in [6, 6.07) is 16.1. The van der Waals surface area contributed by atoms with Gasteiger partial charge >= 0.3 is 6.03 Å². The number of amides is 2. The van der Waals surface area contributed by atoms with Crippen LogP contribution in [0.4, 0.5) is 10.5 Å². The number of anilines is 1. The summed E-state index contributed by atoms with van der Waals surface area (Å²) >= 11 is 6.15. The number of aliphatic hydroxyl groups is 1. The van der Waals surface area contributed by atoms with E-state index in [0.29, 0.717) is 44.2 Å². The zero-order valence-electron chi connectivity index (χ0n) is 22.9. The summed E-state index contributed by atoms with van der Waals surface area (Å²) in [6.07, 6.45) is 1.07. The molecule has 2 amide bonds. The average Bonchev–Trinajstić information content (AvgIpc) is 3.30. The number of aromatic nitrogens is 2. The first-order valence-electron chi connectivity index (χ1n) is 14.0. The van der Waals surface area contributed by atoms with Crippen LogP contribution in [0.1, 0.15) is 30.2 Å². The summed E-state index contributed by atoms with van der Waals surface area (Å²) in [5, 5.41) is 19.8. The van der Waals surface area contributed by atoms with Crippen LogP contribution in [0.3, 0.4) is 0 Å². The molecule has 3 heterocycles. The van der Waals surface area contributed by atoms with Gasteiger partial charge in [0.05, 0.1) is 24.9 Å². The van der Waals surface area contributed by atoms with Crippen LogP contribution in [0.15, 0.2) is 48.5 Å². The Morgan fingerprint density at radius 2 is 1.79 bits per heavy atom. The fourth-order valence-corrected chi connectivity index (χ4v) is 5.77. The van der Waals surface area contributed by atoms with E-state index in [1.54, 1.807) is 0 Å². The van der Waals surface area contributed by atoms with Gasteiger partial charge in [-0.1, -0.05) is 48.9 Å². The van der Waals surface area contributed by atoms with E-state index in [0.717, 1.165) is 55.1 Å². The van der Waals surface area contributed by atoms with Crippen molar-refractivity contribution in [3.63, 3.8) is 0 Å². The number of piperazine rings is 1. The van der Waals surface area contributed by atoms with E-state index < -0.39 is 6.10 Å². The number of hydrogen-bond acceptors (Lipinski definition) is 5. The number of nitrogens with one attached hydrogen (secondary N) is 1. The van der Waals surface area contributed by atoms with Gasteiger partial charge in [0.2, 0.25) is 0 Å². The monoisotopic (exact) mass is 550 g/mol. The van der Waals surface area contributed by atoms with Gasteiger partial charge in [-0.25, -0.2) is 4.79 Å². The van der Waals surface area contributed by atoms with Crippen molar-refractivity contribution in [2.75, 3.05) is 50.7 Å². The molecule has 1 atom stereocenters. The Morgan fingerprint density at radius 1 is 1.05 bits per heavy atom. The fourth-order valence-electron chi connectivity index (χ4n) is 5.64. The molecule has 1 unspecified atom stereocenters. The van der Waals surface area contributed by atoms with Crippen molar-refractivity contribution in [1.29, 1.82) is 0 Å². The third-order valence-corrected chi connectivity index (χ3v) is 8.00. The Bertz CT molecular complexity index is 1270. The molecule has 1 fully saturated rings. The lowest BCUT2D eigenvalue weighted by Crippen LogP contribution is -2.49. The minimum Gasteiger partial charge on any atom is -0.390 e. The second-order valence-electron chi connectivity index (χ2n) is 10.6. The molecule has 9 heteroatoms. The third kappa shape index (κ3) is 6.40. The lowest BCUT2D eigenvalue weighted by atomic mass is 10.0. The predicted octanol–water partition coefficient (Wildman–Crippen LogP) is 4.17. The standard InChI is InChI=1S/C30H39ClN6O2/c1-3-13-32-30(39)36-14-12-28-26(21-36)29(23-8-10-24(31)11-9-23)33-37(28)20-25(38)19-34-15-17-35(18-16-34)27-7-5-4-6-22(27)2/h4-11,25,38H,3,12-21H2,1-2H3,(H,32,39). The first kappa shape index (κ1) is 27.5. The van der Waals surface area contributed by atoms with E-state index in [1.807, 2.05) is 40.8 Å². The Hall–Kier alpha value is -3.07. The van der Waals surface area contributed by atoms with Gasteiger partial charge in [-0.05, 0) is 37.1 Å². The second kappa shape index (κ2) is 12.4. The summed E-state index contributed by atoms with van der Waals surface area (Å²) in [5.41, 5.74) is 6.57. The number of aliphatic hydroxyl groups excluding tert-OH is 1. The highest BCUT2D eigenvalue weighted by molar-refractivity contribution is 6.30. The van der Waals surface area contributed by atoms with Crippen LogP contribution in [0.2, 0.25) is 5.02 Å². The normalized spacial score (nSPS) is 16.7. The Balaban J connectivity index is 1.27. The minimum absolute atomic E-state index is 0.0396. The van der Waals surface area contributed by atoms with E-state index in [4.69, 9.17) is 16.7 Å². The SMILES string of the molecule is CCCNC(=O)N1CCc2c(c(-c3ccc(Cl)cc3)nn2CC(O)CN2CCN(c3ccccc3C)CC2)C1. The second-order valence-corrected chi connectivity index (χ2v) is 11.0. The van der Waals surface area contributed by atoms with Gasteiger partial charge in [-0.3, -0.25) is 9.58 Å². The van der Waals surface area contributed by atoms with Gasteiger partial charge in [0.1, 0.15) is 0 Å². The van der Waals surface area contributed by atoms with E-state index in [-0.39, 0.29) is 6.03 Å². The zero-order chi connectivity index (χ0) is 27.4. The van der Waals surface area contributed by atoms with Gasteiger partial charge in [0.25, 0.3) is 0 Å². The van der Waals surface area contributed by atoms with Crippen molar-refractivity contribution in [3.8, 4) is 11.3 Å². The Labute approximate surface area is 236 Å². The van der Waals surface area contributed by atoms with Crippen molar-refractivity contribution in [2.45, 2.75) is 45.9 Å². The summed E-state index contributed by atoms with van der Waals surface area (Å²) in [4.78, 5) is 19.3. The van der Waals surface area contributed by atoms with Crippen LogP contribution in [0.5, 0.6) is 0 Å². The number of carbonyl (C=O) groups excluding carboxylic acids is 1. The molecule has 0 aliphatic carbocycles. The summed E-state index contributed by atoms with van der Waals surface area (Å²) in [7, 11) is 0. The molecular weight excluding hydrogens is 512 g/mol. The van der Waals surface area contributed by atoms with Gasteiger partial charge in [-0.2, -0.15) is 5.10 Å². The van der Waals surface area contributed by atoms with Gasteiger partial charge in [-0.15, -0.1) is 0 Å². The van der Waals surface area contributed by atoms with Crippen molar-refractivity contribution < 1.29 is 9.90 Å². The maximum Gasteiger partial charge on any atom is 0.317 e. The van der Waals surface area contributed by atoms with Crippen molar-refractivity contribution in [3.05, 3.63) is 70.4 Å². The van der Waals surface area contributed by atoms with E-state index >= 15 is 0 Å². The number of aryl methyl sites for hydroxylation is 1. The fraction of sp³-hybridized carbons (Fsp3) is 0.467. The van der Waals surface area contributed by atoms with Crippen LogP contribution in [0, 0.1) is 6.92 Å². The van der Waals surface area contributed by atoms with Crippen LogP contribution in [-0.4, -0.2) is 82.6 Å². The molecule has 2 aromatic carbocycles. The Morgan fingerprint density at radius 3 is 2.51 bits per heavy atom. The maximum atomic E-state index is 12.7. The molecule has 0 radical (unpaired) electrons. The molecule has 208 valence electrons. The van der Waals surface area contributed by atoms with Crippen LogP contribution < -0.4 is 10.2 Å². The number of benzene rings is 2. The number of β-amino-alcohol motifs (C(OH)–C–C–N with tert-alkyl or cyclic N) is 1. The minimum atomic E-state index is -0.539. The molecule has 8 nitrogen and oxygen atoms in total. The highest BCUT2D eigenvalue weighted by atomic mass is 35.5. The van der Waals surface area contributed by atoms with Crippen molar-refractivity contribution in [2.24, 2.45) is 0 Å². The number of rotatable bonds is 8. The average molecular weight is 551 g/mol. The lowest BCUT2D eigenvalue weighted by molar-refractivity contribution is 0.0909. The first-order chi connectivity index (χ1) is 18.9. The molecule has 1 aromatic heterocycles. The van der Waals surface area contributed by atoms with Gasteiger partial charge in [0.15, 0.2) is 0 Å². The topological polar surface area (TPSA) is 76.9 Å². The highest BCUT2D eigenvalue weighted by Crippen LogP contribution is 2.31. The van der Waals surface area contributed by atoms with E-state index in [2.05, 4.69) is 46.3 Å². The molecule has 2 N–H and O–H groups in total. The van der Waals surface area contributed by atoms with Gasteiger partial charge in [0, 0.05) is 79.8 Å². The molecule has 2 aliphatic heterocycles. The number of fused-ring (bicyclic) bond motifs is 1. The van der Waals surface area contributed by atoms with E-state index in [1.165, 1.54) is 11.3 Å². The van der Waals surface area contributed by atoms with Crippen molar-refractivity contribution >= 4 is 23.3 Å². The maximum absolute atomic E-state index is 12.7. The summed E-state index contributed by atoms with van der Waals surface area (Å²) < 4.78 is 1.97. The zero-order valence-corrected chi connectivity index (χ0v) is 23.7. The van der Waals surface area contributed by atoms with Crippen LogP contribution in [0.25, 0.3) is 11.3 Å². The number of nitrogens with zero attached hydrogens (tertiary/aromatic N) is 5. The van der Waals surface area contributed by atoms with Crippen LogP contribution in [-0.2, 0) is 19.5 Å². The number of halogens is 1. The largest absolute Gasteiger partial charge is 0.390 e. The molecule has 3 aromatic rings. The van der Waals surface area contributed by atoms with Gasteiger partial charge < -0.3 is 20.2 Å². The molecule has 2 aliphatic rings. The summed E-state index contributed by atoms with van der Waals surface area (Å²) in [6.45, 7) is 10.8. The molecular formula is C30H39ClN6O2. The first-order valence-corrected chi connectivity index (χ1v) is 14.4. The number of carbonyl (C=O) groups is 1. The molecule has 0 spiro atoms. The van der Waals surface area contributed by atoms with Crippen LogP contribution >= 0.6 is 11.6 Å². The lowest BCUT2D eigenvalue weighted by Gasteiger charge is -2.37.